The van der Waals surface area contributed by atoms with Crippen molar-refractivity contribution in [2.24, 2.45) is 5.73 Å². The number of carbonyl (C=O) groups is 1. The normalized spacial score (nSPS) is 10.2. The first-order chi connectivity index (χ1) is 8.56. The zero-order valence-electron chi connectivity index (χ0n) is 9.18. The molecule has 0 saturated heterocycles. The molecular formula is C10H9N5O3. The Hall–Kier alpha value is -2.77. The number of nitrogens with two attached hydrogens (primary N) is 1. The number of aromatic nitrogens is 3. The van der Waals surface area contributed by atoms with Crippen molar-refractivity contribution in [1.82, 2.24) is 14.8 Å². The number of primary amides is 1. The van der Waals surface area contributed by atoms with Crippen LogP contribution in [0, 0.1) is 10.1 Å². The quantitative estimate of drug-likeness (QED) is 0.617. The average molecular weight is 247 g/mol. The van der Waals surface area contributed by atoms with Gasteiger partial charge in [-0.3, -0.25) is 14.9 Å². The molecule has 1 amide bonds. The van der Waals surface area contributed by atoms with Crippen LogP contribution in [0.15, 0.2) is 30.6 Å². The van der Waals surface area contributed by atoms with Gasteiger partial charge in [0.15, 0.2) is 5.82 Å². The van der Waals surface area contributed by atoms with E-state index in [0.29, 0.717) is 11.4 Å². The van der Waals surface area contributed by atoms with E-state index in [0.717, 1.165) is 0 Å². The largest absolute Gasteiger partial charge is 0.368 e. The Morgan fingerprint density at radius 1 is 1.50 bits per heavy atom. The summed E-state index contributed by atoms with van der Waals surface area (Å²) in [6.45, 7) is -0.0814. The standard InChI is InChI=1S/C10H9N5O3/c11-9(16)5-14-6-12-10(13-14)7-2-1-3-8(4-7)15(17)18/h1-4,6H,5H2,(H2,11,16). The second kappa shape index (κ2) is 4.62. The van der Waals surface area contributed by atoms with Crippen LogP contribution in [0.5, 0.6) is 0 Å². The van der Waals surface area contributed by atoms with E-state index in [2.05, 4.69) is 10.1 Å². The number of non-ortho nitro benzene ring substituents is 1. The van der Waals surface area contributed by atoms with Gasteiger partial charge in [-0.05, 0) is 0 Å². The molecule has 8 nitrogen and oxygen atoms in total. The first-order valence-electron chi connectivity index (χ1n) is 4.99. The highest BCUT2D eigenvalue weighted by Gasteiger charge is 2.10. The Bertz CT molecular complexity index is 607. The van der Waals surface area contributed by atoms with E-state index < -0.39 is 10.8 Å². The van der Waals surface area contributed by atoms with Gasteiger partial charge in [0, 0.05) is 17.7 Å². The van der Waals surface area contributed by atoms with Crippen LogP contribution in [0.25, 0.3) is 11.4 Å². The molecule has 0 atom stereocenters. The van der Waals surface area contributed by atoms with Gasteiger partial charge in [-0.15, -0.1) is 0 Å². The van der Waals surface area contributed by atoms with E-state index in [1.807, 2.05) is 0 Å². The Morgan fingerprint density at radius 3 is 2.94 bits per heavy atom. The molecular weight excluding hydrogens is 238 g/mol. The van der Waals surface area contributed by atoms with Gasteiger partial charge in [-0.1, -0.05) is 12.1 Å². The third-order valence-electron chi connectivity index (χ3n) is 2.17. The molecule has 0 fully saturated rings. The minimum atomic E-state index is -0.537. The molecule has 0 bridgehead atoms. The lowest BCUT2D eigenvalue weighted by Gasteiger charge is -1.96. The smallest absolute Gasteiger partial charge is 0.270 e. The fourth-order valence-corrected chi connectivity index (χ4v) is 1.42. The highest BCUT2D eigenvalue weighted by molar-refractivity contribution is 5.73. The van der Waals surface area contributed by atoms with Crippen LogP contribution in [-0.2, 0) is 11.3 Å². The maximum atomic E-state index is 10.7. The number of hydrogen-bond donors (Lipinski definition) is 1. The summed E-state index contributed by atoms with van der Waals surface area (Å²) in [6, 6.07) is 5.94. The second-order valence-electron chi connectivity index (χ2n) is 3.54. The molecule has 2 rings (SSSR count). The van der Waals surface area contributed by atoms with Crippen molar-refractivity contribution in [3.05, 3.63) is 40.7 Å². The number of carbonyl (C=O) groups excluding carboxylic acids is 1. The topological polar surface area (TPSA) is 117 Å². The summed E-state index contributed by atoms with van der Waals surface area (Å²) in [5.74, 6) is -0.231. The highest BCUT2D eigenvalue weighted by atomic mass is 16.6. The van der Waals surface area contributed by atoms with Crippen LogP contribution >= 0.6 is 0 Å². The van der Waals surface area contributed by atoms with Gasteiger partial charge in [0.2, 0.25) is 5.91 Å². The lowest BCUT2D eigenvalue weighted by Crippen LogP contribution is -2.18. The van der Waals surface area contributed by atoms with Gasteiger partial charge in [-0.25, -0.2) is 9.67 Å². The fraction of sp³-hybridized carbons (Fsp3) is 0.100. The molecule has 1 aromatic heterocycles. The zero-order valence-corrected chi connectivity index (χ0v) is 9.18. The summed E-state index contributed by atoms with van der Waals surface area (Å²) in [7, 11) is 0. The molecule has 2 aromatic rings. The number of rotatable bonds is 4. The molecule has 0 radical (unpaired) electrons. The summed E-state index contributed by atoms with van der Waals surface area (Å²) in [4.78, 5) is 24.8. The predicted molar refractivity (Wildman–Crippen MR) is 61.3 cm³/mol. The number of nitro groups is 1. The van der Waals surface area contributed by atoms with E-state index in [-0.39, 0.29) is 12.2 Å². The first kappa shape index (κ1) is 11.7. The molecule has 2 N–H and O–H groups in total. The van der Waals surface area contributed by atoms with E-state index in [4.69, 9.17) is 5.73 Å². The maximum Gasteiger partial charge on any atom is 0.270 e. The first-order valence-corrected chi connectivity index (χ1v) is 4.99. The van der Waals surface area contributed by atoms with Crippen LogP contribution in [0.4, 0.5) is 5.69 Å². The molecule has 8 heteroatoms. The SMILES string of the molecule is NC(=O)Cn1cnc(-c2cccc([N+](=O)[O-])c2)n1. The van der Waals surface area contributed by atoms with E-state index >= 15 is 0 Å². The summed E-state index contributed by atoms with van der Waals surface area (Å²) in [5, 5.41) is 14.6. The Morgan fingerprint density at radius 2 is 2.28 bits per heavy atom. The minimum absolute atomic E-state index is 0.0428. The number of benzene rings is 1. The summed E-state index contributed by atoms with van der Waals surface area (Å²) in [6.07, 6.45) is 1.35. The number of nitrogens with zero attached hydrogens (tertiary/aromatic N) is 4. The molecule has 0 spiro atoms. The molecule has 0 saturated carbocycles. The monoisotopic (exact) mass is 247 g/mol. The minimum Gasteiger partial charge on any atom is -0.368 e. The number of hydrogen-bond acceptors (Lipinski definition) is 5. The molecule has 1 heterocycles. The molecule has 92 valence electrons. The van der Waals surface area contributed by atoms with Crippen LogP contribution < -0.4 is 5.73 Å². The molecule has 0 unspecified atom stereocenters. The zero-order chi connectivity index (χ0) is 13.1. The molecule has 18 heavy (non-hydrogen) atoms. The number of nitro benzene ring substituents is 1. The molecule has 0 aliphatic rings. The fourth-order valence-electron chi connectivity index (χ4n) is 1.42. The van der Waals surface area contributed by atoms with Crippen molar-refractivity contribution in [2.75, 3.05) is 0 Å². The highest BCUT2D eigenvalue weighted by Crippen LogP contribution is 2.20. The van der Waals surface area contributed by atoms with Crippen molar-refractivity contribution < 1.29 is 9.72 Å². The average Bonchev–Trinajstić information content (AvgIpc) is 2.77. The van der Waals surface area contributed by atoms with Gasteiger partial charge in [-0.2, -0.15) is 5.10 Å². The molecule has 0 aliphatic heterocycles. The van der Waals surface area contributed by atoms with Gasteiger partial charge < -0.3 is 5.73 Å². The second-order valence-corrected chi connectivity index (χ2v) is 3.54. The lowest BCUT2D eigenvalue weighted by atomic mass is 10.2. The Labute approximate surface area is 101 Å². The third-order valence-corrected chi connectivity index (χ3v) is 2.17. The van der Waals surface area contributed by atoms with Gasteiger partial charge >= 0.3 is 0 Å². The number of amides is 1. The Kier molecular flexibility index (Phi) is 3.00. The van der Waals surface area contributed by atoms with Crippen molar-refractivity contribution >= 4 is 11.6 Å². The van der Waals surface area contributed by atoms with Gasteiger partial charge in [0.05, 0.1) is 4.92 Å². The predicted octanol–water partition coefficient (Wildman–Crippen LogP) is 0.339. The van der Waals surface area contributed by atoms with Gasteiger partial charge in [0.25, 0.3) is 5.69 Å². The van der Waals surface area contributed by atoms with Crippen LogP contribution in [0.3, 0.4) is 0 Å². The van der Waals surface area contributed by atoms with Crippen molar-refractivity contribution in [2.45, 2.75) is 6.54 Å². The van der Waals surface area contributed by atoms with Crippen molar-refractivity contribution in [1.29, 1.82) is 0 Å². The van der Waals surface area contributed by atoms with Crippen molar-refractivity contribution in [3.8, 4) is 11.4 Å². The summed E-state index contributed by atoms with van der Waals surface area (Å²) < 4.78 is 1.27. The third kappa shape index (κ3) is 2.48. The molecule has 0 aliphatic carbocycles. The van der Waals surface area contributed by atoms with Crippen LogP contribution in [0.2, 0.25) is 0 Å². The van der Waals surface area contributed by atoms with Crippen LogP contribution in [-0.4, -0.2) is 25.6 Å². The van der Waals surface area contributed by atoms with E-state index in [1.54, 1.807) is 12.1 Å². The Balaban J connectivity index is 2.31. The lowest BCUT2D eigenvalue weighted by molar-refractivity contribution is -0.384. The molecule has 1 aromatic carbocycles. The van der Waals surface area contributed by atoms with E-state index in [9.17, 15) is 14.9 Å². The van der Waals surface area contributed by atoms with Crippen LogP contribution in [0.1, 0.15) is 0 Å². The van der Waals surface area contributed by atoms with Crippen molar-refractivity contribution in [3.63, 3.8) is 0 Å². The summed E-state index contributed by atoms with van der Waals surface area (Å²) in [5.41, 5.74) is 5.48. The van der Waals surface area contributed by atoms with E-state index in [1.165, 1.54) is 23.1 Å². The maximum absolute atomic E-state index is 10.7. The van der Waals surface area contributed by atoms with Gasteiger partial charge in [0.1, 0.15) is 12.9 Å². The summed E-state index contributed by atoms with van der Waals surface area (Å²) >= 11 is 0.